The van der Waals surface area contributed by atoms with Gasteiger partial charge in [0.2, 0.25) is 0 Å². The van der Waals surface area contributed by atoms with Gasteiger partial charge in [0.1, 0.15) is 11.6 Å². The van der Waals surface area contributed by atoms with E-state index < -0.39 is 6.09 Å². The summed E-state index contributed by atoms with van der Waals surface area (Å²) in [7, 11) is 0. The second kappa shape index (κ2) is 15.2. The van der Waals surface area contributed by atoms with Crippen LogP contribution in [0.25, 0.3) is 33.6 Å². The number of aromatic nitrogens is 10. The van der Waals surface area contributed by atoms with E-state index in [0.717, 1.165) is 96.8 Å². The van der Waals surface area contributed by atoms with E-state index in [9.17, 15) is 4.79 Å². The zero-order valence-electron chi connectivity index (χ0n) is 30.1. The first-order valence-electron chi connectivity index (χ1n) is 19.2. The number of carbonyl (C=O) groups is 1. The Kier molecular flexibility index (Phi) is 10.0. The maximum Gasteiger partial charge on any atom is 0.404 e. The van der Waals surface area contributed by atoms with Crippen molar-refractivity contribution in [3.05, 3.63) is 48.6 Å². The predicted molar refractivity (Wildman–Crippen MR) is 196 cm³/mol. The minimum absolute atomic E-state index is 0.216. The van der Waals surface area contributed by atoms with Crippen molar-refractivity contribution in [1.29, 1.82) is 0 Å². The van der Waals surface area contributed by atoms with Crippen LogP contribution in [0.1, 0.15) is 102 Å². The Morgan fingerprint density at radius 2 is 1.35 bits per heavy atom. The number of hydrogen-bond donors (Lipinski definition) is 4. The average molecular weight is 711 g/mol. The maximum atomic E-state index is 10.1. The average Bonchev–Trinajstić information content (AvgIpc) is 4.01. The lowest BCUT2D eigenvalue weighted by atomic mass is 9.93. The molecule has 7 heterocycles. The lowest BCUT2D eigenvalue weighted by molar-refractivity contribution is -0.00877. The number of likely N-dealkylation sites (tertiary alicyclic amines) is 1. The third-order valence-electron chi connectivity index (χ3n) is 11.7. The van der Waals surface area contributed by atoms with Crippen LogP contribution in [0.5, 0.6) is 0 Å². The van der Waals surface area contributed by atoms with E-state index in [2.05, 4.69) is 85.3 Å². The molecule has 2 saturated carbocycles. The Morgan fingerprint density at radius 3 is 1.85 bits per heavy atom. The van der Waals surface area contributed by atoms with Crippen molar-refractivity contribution < 1.29 is 14.6 Å². The number of piperidine rings is 1. The van der Waals surface area contributed by atoms with Gasteiger partial charge in [0.05, 0.1) is 35.6 Å². The summed E-state index contributed by atoms with van der Waals surface area (Å²) < 4.78 is 11.3. The summed E-state index contributed by atoms with van der Waals surface area (Å²) >= 11 is 0. The van der Waals surface area contributed by atoms with E-state index in [1.165, 1.54) is 32.4 Å². The SMILES string of the molecule is CC[C@@H]1C[C@H](O[C@H]2C[C@@H](CC)[C@@H](c3nnc4cnc5[nH]ccc5n34)C2)C[C@@H]1c1nnc2cnc3[nH]ccc3n12.O=C(O)NCCCN1CCCCC1. The summed E-state index contributed by atoms with van der Waals surface area (Å²) in [5.74, 6) is 3.71. The fraction of sp³-hybridized carbons (Fsp3) is 0.595. The molecule has 0 bridgehead atoms. The lowest BCUT2D eigenvalue weighted by Crippen LogP contribution is -2.33. The molecule has 15 heteroatoms. The molecule has 3 aliphatic rings. The van der Waals surface area contributed by atoms with Crippen molar-refractivity contribution in [2.75, 3.05) is 26.2 Å². The number of aromatic amines is 2. The van der Waals surface area contributed by atoms with E-state index in [0.29, 0.717) is 30.2 Å². The van der Waals surface area contributed by atoms with Crippen molar-refractivity contribution in [1.82, 2.24) is 59.3 Å². The molecule has 1 amide bonds. The van der Waals surface area contributed by atoms with E-state index in [-0.39, 0.29) is 12.2 Å². The molecular weight excluding hydrogens is 660 g/mol. The second-order valence-electron chi connectivity index (χ2n) is 14.8. The van der Waals surface area contributed by atoms with Crippen molar-refractivity contribution in [3.63, 3.8) is 0 Å². The number of carboxylic acid groups (broad SMARTS) is 1. The Hall–Kier alpha value is -4.63. The van der Waals surface area contributed by atoms with Gasteiger partial charge in [-0.05, 0) is 88.5 Å². The first kappa shape index (κ1) is 34.5. The van der Waals surface area contributed by atoms with E-state index in [1.54, 1.807) is 12.4 Å². The van der Waals surface area contributed by atoms with Crippen LogP contribution in [0.4, 0.5) is 4.79 Å². The molecule has 52 heavy (non-hydrogen) atoms. The van der Waals surface area contributed by atoms with Crippen LogP contribution in [-0.2, 0) is 4.74 Å². The number of amides is 1. The normalized spacial score (nSPS) is 25.3. The largest absolute Gasteiger partial charge is 0.465 e. The van der Waals surface area contributed by atoms with Crippen molar-refractivity contribution in [2.24, 2.45) is 11.8 Å². The van der Waals surface area contributed by atoms with Crippen LogP contribution in [0.2, 0.25) is 0 Å². The summed E-state index contributed by atoms with van der Waals surface area (Å²) in [6.07, 6.45) is 18.1. The van der Waals surface area contributed by atoms with Gasteiger partial charge >= 0.3 is 6.09 Å². The quantitative estimate of drug-likeness (QED) is 0.125. The first-order chi connectivity index (χ1) is 25.5. The highest BCUT2D eigenvalue weighted by Crippen LogP contribution is 2.47. The van der Waals surface area contributed by atoms with Gasteiger partial charge in [0.25, 0.3) is 0 Å². The summed E-state index contributed by atoms with van der Waals surface area (Å²) in [5.41, 5.74) is 5.38. The van der Waals surface area contributed by atoms with Crippen molar-refractivity contribution in [3.8, 4) is 0 Å². The van der Waals surface area contributed by atoms with E-state index >= 15 is 0 Å². The van der Waals surface area contributed by atoms with Gasteiger partial charge in [-0.15, -0.1) is 20.4 Å². The molecule has 276 valence electrons. The van der Waals surface area contributed by atoms with Gasteiger partial charge in [0, 0.05) is 30.8 Å². The fourth-order valence-corrected chi connectivity index (χ4v) is 9.13. The Bertz CT molecular complexity index is 1980. The third kappa shape index (κ3) is 6.83. The van der Waals surface area contributed by atoms with Crippen LogP contribution < -0.4 is 5.32 Å². The highest BCUT2D eigenvalue weighted by molar-refractivity contribution is 5.75. The van der Waals surface area contributed by atoms with Crippen LogP contribution in [0.3, 0.4) is 0 Å². The molecule has 3 fully saturated rings. The molecule has 9 rings (SSSR count). The molecule has 1 aliphatic heterocycles. The summed E-state index contributed by atoms with van der Waals surface area (Å²) in [6, 6.07) is 4.11. The number of fused-ring (bicyclic) bond motifs is 6. The minimum Gasteiger partial charge on any atom is -0.465 e. The molecule has 6 atom stereocenters. The smallest absolute Gasteiger partial charge is 0.404 e. The maximum absolute atomic E-state index is 10.1. The van der Waals surface area contributed by atoms with E-state index in [1.807, 2.05) is 12.4 Å². The number of ether oxygens (including phenoxy) is 1. The number of rotatable bonds is 10. The predicted octanol–water partition coefficient (Wildman–Crippen LogP) is 5.92. The van der Waals surface area contributed by atoms with Crippen molar-refractivity contribution >= 4 is 39.7 Å². The van der Waals surface area contributed by atoms with Gasteiger partial charge in [-0.25, -0.2) is 14.8 Å². The van der Waals surface area contributed by atoms with Gasteiger partial charge in [0.15, 0.2) is 22.6 Å². The zero-order valence-corrected chi connectivity index (χ0v) is 30.1. The number of hydrogen-bond acceptors (Lipinski definition) is 9. The first-order valence-corrected chi connectivity index (χ1v) is 19.2. The van der Waals surface area contributed by atoms with Gasteiger partial charge in [-0.1, -0.05) is 33.1 Å². The molecule has 15 nitrogen and oxygen atoms in total. The highest BCUT2D eigenvalue weighted by atomic mass is 16.5. The Balaban J connectivity index is 0.000000254. The fourth-order valence-electron chi connectivity index (χ4n) is 9.13. The number of nitrogens with zero attached hydrogens (tertiary/aromatic N) is 9. The molecule has 0 aromatic carbocycles. The monoisotopic (exact) mass is 710 g/mol. The summed E-state index contributed by atoms with van der Waals surface area (Å²) in [4.78, 5) is 27.9. The number of nitrogens with one attached hydrogen (secondary N) is 3. The van der Waals surface area contributed by atoms with Gasteiger partial charge < -0.3 is 30.0 Å². The molecule has 0 unspecified atom stereocenters. The van der Waals surface area contributed by atoms with Crippen LogP contribution in [-0.4, -0.2) is 104 Å². The van der Waals surface area contributed by atoms with Crippen LogP contribution in [0, 0.1) is 11.8 Å². The molecule has 0 radical (unpaired) electrons. The molecule has 6 aromatic heterocycles. The minimum atomic E-state index is -0.918. The zero-order chi connectivity index (χ0) is 35.6. The molecule has 0 spiro atoms. The van der Waals surface area contributed by atoms with Gasteiger partial charge in [-0.2, -0.15) is 0 Å². The standard InChI is InChI=1S/C28H32N10O.C9H18N2O2/c1-3-15-9-17(11-19(15)27-35-33-23-13-31-25-21(37(23)27)5-7-29-25)39-18-10-16(4-2)20(12-18)28-36-34-24-14-32-26-22(38(24)28)6-8-30-26;12-9(13)10-5-4-8-11-6-2-1-3-7-11/h5-8,13-20,29-30H,3-4,9-12H2,1-2H3;10H,1-8H2,(H,12,13)/t15-,16-,17+,18+,19+,20+;/m1./s1. The molecule has 2 aliphatic carbocycles. The highest BCUT2D eigenvalue weighted by Gasteiger charge is 2.42. The topological polar surface area (TPSA) is 180 Å². The van der Waals surface area contributed by atoms with Crippen LogP contribution >= 0.6 is 0 Å². The molecule has 6 aromatic rings. The molecular formula is C37H50N12O3. The summed E-state index contributed by atoms with van der Waals surface area (Å²) in [6.45, 7) is 8.54. The number of H-pyrrole nitrogens is 2. The Morgan fingerprint density at radius 1 is 0.808 bits per heavy atom. The Labute approximate surface area is 302 Å². The van der Waals surface area contributed by atoms with Crippen molar-refractivity contribution in [2.45, 2.75) is 102 Å². The summed E-state index contributed by atoms with van der Waals surface area (Å²) in [5, 5.41) is 29.0. The molecule has 1 saturated heterocycles. The third-order valence-corrected chi connectivity index (χ3v) is 11.7. The van der Waals surface area contributed by atoms with E-state index in [4.69, 9.17) is 9.84 Å². The van der Waals surface area contributed by atoms with Crippen LogP contribution in [0.15, 0.2) is 36.9 Å². The molecule has 4 N–H and O–H groups in total. The second-order valence-corrected chi connectivity index (χ2v) is 14.8. The van der Waals surface area contributed by atoms with Gasteiger partial charge in [-0.3, -0.25) is 8.80 Å². The lowest BCUT2D eigenvalue weighted by Gasteiger charge is -2.26.